The molecule has 4 heteroatoms. The van der Waals surface area contributed by atoms with Crippen LogP contribution in [0.5, 0.6) is 0 Å². The SMILES string of the molecule is Cc1ccccc1-n1cc(-c2ccccc2)c2c(N(C)C)ncnc21. The highest BCUT2D eigenvalue weighted by Crippen LogP contribution is 2.36. The number of aromatic nitrogens is 3. The van der Waals surface area contributed by atoms with Crippen LogP contribution in [-0.4, -0.2) is 28.6 Å². The predicted molar refractivity (Wildman–Crippen MR) is 103 cm³/mol. The maximum absolute atomic E-state index is 4.61. The van der Waals surface area contributed by atoms with Gasteiger partial charge in [0.25, 0.3) is 0 Å². The van der Waals surface area contributed by atoms with E-state index in [1.807, 2.05) is 25.1 Å². The van der Waals surface area contributed by atoms with Crippen molar-refractivity contribution in [1.82, 2.24) is 14.5 Å². The summed E-state index contributed by atoms with van der Waals surface area (Å²) >= 11 is 0. The highest BCUT2D eigenvalue weighted by atomic mass is 15.2. The summed E-state index contributed by atoms with van der Waals surface area (Å²) in [6.45, 7) is 2.12. The van der Waals surface area contributed by atoms with Gasteiger partial charge in [0, 0.05) is 31.5 Å². The first-order valence-electron chi connectivity index (χ1n) is 8.31. The van der Waals surface area contributed by atoms with Crippen molar-refractivity contribution < 1.29 is 0 Å². The summed E-state index contributed by atoms with van der Waals surface area (Å²) in [5, 5.41) is 1.07. The number of anilines is 1. The molecule has 4 nitrogen and oxygen atoms in total. The van der Waals surface area contributed by atoms with Crippen LogP contribution in [0, 0.1) is 6.92 Å². The minimum absolute atomic E-state index is 0.923. The Hall–Kier alpha value is -3.14. The highest BCUT2D eigenvalue weighted by Gasteiger charge is 2.18. The van der Waals surface area contributed by atoms with E-state index in [0.29, 0.717) is 0 Å². The molecule has 25 heavy (non-hydrogen) atoms. The van der Waals surface area contributed by atoms with Gasteiger partial charge in [-0.25, -0.2) is 9.97 Å². The van der Waals surface area contributed by atoms with Crippen LogP contribution in [0.1, 0.15) is 5.56 Å². The lowest BCUT2D eigenvalue weighted by molar-refractivity contribution is 1.03. The van der Waals surface area contributed by atoms with Crippen molar-refractivity contribution in [3.8, 4) is 16.8 Å². The second kappa shape index (κ2) is 6.06. The molecule has 0 radical (unpaired) electrons. The molecular formula is C21H20N4. The Bertz CT molecular complexity index is 1030. The monoisotopic (exact) mass is 328 g/mol. The zero-order chi connectivity index (χ0) is 17.4. The topological polar surface area (TPSA) is 34.0 Å². The van der Waals surface area contributed by atoms with Gasteiger partial charge >= 0.3 is 0 Å². The van der Waals surface area contributed by atoms with E-state index in [-0.39, 0.29) is 0 Å². The van der Waals surface area contributed by atoms with Gasteiger partial charge in [-0.1, -0.05) is 48.5 Å². The Morgan fingerprint density at radius 3 is 2.32 bits per heavy atom. The summed E-state index contributed by atoms with van der Waals surface area (Å²) in [5.74, 6) is 0.927. The Morgan fingerprint density at radius 2 is 1.60 bits per heavy atom. The van der Waals surface area contributed by atoms with Crippen molar-refractivity contribution in [2.75, 3.05) is 19.0 Å². The molecule has 2 aromatic carbocycles. The quantitative estimate of drug-likeness (QED) is 0.557. The number of aryl methyl sites for hydroxylation is 1. The summed E-state index contributed by atoms with van der Waals surface area (Å²) in [5.41, 5.74) is 5.58. The molecule has 0 saturated heterocycles. The number of rotatable bonds is 3. The van der Waals surface area contributed by atoms with Crippen molar-refractivity contribution in [2.45, 2.75) is 6.92 Å². The number of hydrogen-bond acceptors (Lipinski definition) is 3. The van der Waals surface area contributed by atoms with Crippen molar-refractivity contribution >= 4 is 16.9 Å². The summed E-state index contributed by atoms with van der Waals surface area (Å²) in [4.78, 5) is 11.2. The molecule has 2 aromatic heterocycles. The summed E-state index contributed by atoms with van der Waals surface area (Å²) in [6, 6.07) is 18.8. The molecule has 2 heterocycles. The van der Waals surface area contributed by atoms with Crippen LogP contribution in [0.4, 0.5) is 5.82 Å². The zero-order valence-corrected chi connectivity index (χ0v) is 14.6. The lowest BCUT2D eigenvalue weighted by Gasteiger charge is -2.13. The molecule has 0 amide bonds. The van der Waals surface area contributed by atoms with Gasteiger partial charge < -0.3 is 9.47 Å². The van der Waals surface area contributed by atoms with Gasteiger partial charge in [-0.3, -0.25) is 0 Å². The van der Waals surface area contributed by atoms with Crippen LogP contribution >= 0.6 is 0 Å². The molecule has 124 valence electrons. The summed E-state index contributed by atoms with van der Waals surface area (Å²) in [7, 11) is 4.03. The van der Waals surface area contributed by atoms with E-state index in [0.717, 1.165) is 33.7 Å². The van der Waals surface area contributed by atoms with Crippen LogP contribution in [0.2, 0.25) is 0 Å². The average Bonchev–Trinajstić information content (AvgIpc) is 3.02. The lowest BCUT2D eigenvalue weighted by atomic mass is 10.1. The fraction of sp³-hybridized carbons (Fsp3) is 0.143. The third-order valence-corrected chi connectivity index (χ3v) is 4.45. The second-order valence-corrected chi connectivity index (χ2v) is 6.36. The second-order valence-electron chi connectivity index (χ2n) is 6.36. The van der Waals surface area contributed by atoms with Gasteiger partial charge in [0.05, 0.1) is 5.39 Å². The molecule has 0 atom stereocenters. The van der Waals surface area contributed by atoms with E-state index >= 15 is 0 Å². The Labute approximate surface area is 147 Å². The standard InChI is InChI=1S/C21H20N4/c1-15-9-7-8-12-18(15)25-13-17(16-10-5-4-6-11-16)19-20(24(2)3)22-14-23-21(19)25/h4-14H,1-3H3. The maximum Gasteiger partial charge on any atom is 0.150 e. The number of nitrogens with zero attached hydrogens (tertiary/aromatic N) is 4. The fourth-order valence-corrected chi connectivity index (χ4v) is 3.24. The number of para-hydroxylation sites is 1. The van der Waals surface area contributed by atoms with E-state index in [4.69, 9.17) is 0 Å². The van der Waals surface area contributed by atoms with Crippen molar-refractivity contribution in [3.63, 3.8) is 0 Å². The first-order chi connectivity index (χ1) is 12.2. The van der Waals surface area contributed by atoms with Gasteiger partial charge in [-0.15, -0.1) is 0 Å². The molecule has 4 rings (SSSR count). The van der Waals surface area contributed by atoms with Gasteiger partial charge in [0.1, 0.15) is 12.1 Å². The van der Waals surface area contributed by atoms with Crippen LogP contribution < -0.4 is 4.90 Å². The van der Waals surface area contributed by atoms with Gasteiger partial charge in [0.2, 0.25) is 0 Å². The largest absolute Gasteiger partial charge is 0.362 e. The fourth-order valence-electron chi connectivity index (χ4n) is 3.24. The first kappa shape index (κ1) is 15.4. The van der Waals surface area contributed by atoms with Crippen LogP contribution in [0.15, 0.2) is 67.1 Å². The molecule has 4 aromatic rings. The van der Waals surface area contributed by atoms with E-state index in [1.54, 1.807) is 6.33 Å². The summed E-state index contributed by atoms with van der Waals surface area (Å²) in [6.07, 6.45) is 3.81. The van der Waals surface area contributed by atoms with Gasteiger partial charge in [-0.05, 0) is 24.1 Å². The third kappa shape index (κ3) is 2.56. The summed E-state index contributed by atoms with van der Waals surface area (Å²) < 4.78 is 2.17. The molecule has 0 bridgehead atoms. The van der Waals surface area contributed by atoms with Crippen LogP contribution in [-0.2, 0) is 0 Å². The molecule has 0 unspecified atom stereocenters. The Kier molecular flexibility index (Phi) is 3.73. The Balaban J connectivity index is 2.10. The minimum Gasteiger partial charge on any atom is -0.362 e. The third-order valence-electron chi connectivity index (χ3n) is 4.45. The first-order valence-corrected chi connectivity index (χ1v) is 8.31. The maximum atomic E-state index is 4.61. The molecule has 0 aliphatic rings. The van der Waals surface area contributed by atoms with E-state index in [1.165, 1.54) is 5.56 Å². The molecule has 0 fully saturated rings. The number of benzene rings is 2. The number of hydrogen-bond donors (Lipinski definition) is 0. The van der Waals surface area contributed by atoms with E-state index in [9.17, 15) is 0 Å². The smallest absolute Gasteiger partial charge is 0.150 e. The van der Waals surface area contributed by atoms with Gasteiger partial charge in [0.15, 0.2) is 5.65 Å². The number of fused-ring (bicyclic) bond motifs is 1. The highest BCUT2D eigenvalue weighted by molar-refractivity contribution is 6.02. The zero-order valence-electron chi connectivity index (χ0n) is 14.6. The molecule has 0 N–H and O–H groups in total. The van der Waals surface area contributed by atoms with Crippen LogP contribution in [0.3, 0.4) is 0 Å². The molecular weight excluding hydrogens is 308 g/mol. The molecule has 0 saturated carbocycles. The molecule has 0 aliphatic heterocycles. The predicted octanol–water partition coefficient (Wildman–Crippen LogP) is 4.46. The molecule has 0 aliphatic carbocycles. The van der Waals surface area contributed by atoms with Crippen LogP contribution in [0.25, 0.3) is 27.8 Å². The lowest BCUT2D eigenvalue weighted by Crippen LogP contribution is -2.11. The average molecular weight is 328 g/mol. The normalized spacial score (nSPS) is 11.0. The van der Waals surface area contributed by atoms with E-state index in [2.05, 4.69) is 76.2 Å². The molecule has 0 spiro atoms. The minimum atomic E-state index is 0.923. The van der Waals surface area contributed by atoms with Gasteiger partial charge in [-0.2, -0.15) is 0 Å². The van der Waals surface area contributed by atoms with Crippen molar-refractivity contribution in [2.24, 2.45) is 0 Å². The van der Waals surface area contributed by atoms with Crippen molar-refractivity contribution in [1.29, 1.82) is 0 Å². The Morgan fingerprint density at radius 1 is 0.880 bits per heavy atom. The van der Waals surface area contributed by atoms with Crippen molar-refractivity contribution in [3.05, 3.63) is 72.7 Å². The van der Waals surface area contributed by atoms with E-state index < -0.39 is 0 Å².